The molecule has 6 nitrogen and oxygen atoms in total. The van der Waals surface area contributed by atoms with Gasteiger partial charge in [0, 0.05) is 57.7 Å². The van der Waals surface area contributed by atoms with Crippen LogP contribution < -0.4 is 15.1 Å². The first-order chi connectivity index (χ1) is 13.5. The van der Waals surface area contributed by atoms with E-state index in [0.29, 0.717) is 5.56 Å². The van der Waals surface area contributed by atoms with Crippen molar-refractivity contribution in [1.29, 1.82) is 0 Å². The van der Waals surface area contributed by atoms with Crippen LogP contribution in [0.5, 0.6) is 0 Å². The molecular weight excluding hydrogens is 350 g/mol. The van der Waals surface area contributed by atoms with Crippen LogP contribution >= 0.6 is 0 Å². The molecule has 3 rings (SSSR count). The largest absolute Gasteiger partial charge is 0.378 e. The van der Waals surface area contributed by atoms with Crippen molar-refractivity contribution in [3.8, 4) is 0 Å². The highest BCUT2D eigenvalue weighted by Crippen LogP contribution is 2.18. The van der Waals surface area contributed by atoms with Gasteiger partial charge in [0.25, 0.3) is 5.91 Å². The molecule has 6 heteroatoms. The van der Waals surface area contributed by atoms with Gasteiger partial charge in [-0.2, -0.15) is 0 Å². The van der Waals surface area contributed by atoms with Crippen molar-refractivity contribution in [2.24, 2.45) is 0 Å². The molecule has 1 N–H and O–H groups in total. The topological polar surface area (TPSA) is 61.4 Å². The number of aromatic nitrogens is 2. The van der Waals surface area contributed by atoms with Gasteiger partial charge in [-0.1, -0.05) is 0 Å². The molecule has 0 aliphatic heterocycles. The molecule has 28 heavy (non-hydrogen) atoms. The van der Waals surface area contributed by atoms with Crippen molar-refractivity contribution in [3.63, 3.8) is 0 Å². The maximum Gasteiger partial charge on any atom is 0.257 e. The molecule has 1 aromatic carbocycles. The van der Waals surface area contributed by atoms with Crippen LogP contribution in [0.2, 0.25) is 0 Å². The van der Waals surface area contributed by atoms with Crippen LogP contribution in [0, 0.1) is 0 Å². The molecule has 2 aromatic heterocycles. The Balaban J connectivity index is 1.63. The van der Waals surface area contributed by atoms with Crippen LogP contribution in [-0.4, -0.2) is 43.6 Å². The lowest BCUT2D eigenvalue weighted by molar-refractivity contribution is 0.102. The molecule has 0 fully saturated rings. The van der Waals surface area contributed by atoms with E-state index >= 15 is 0 Å². The van der Waals surface area contributed by atoms with Gasteiger partial charge in [-0.15, -0.1) is 0 Å². The fourth-order valence-corrected chi connectivity index (χ4v) is 2.78. The molecular formula is C22H25N5O. The zero-order chi connectivity index (χ0) is 19.9. The van der Waals surface area contributed by atoms with E-state index in [4.69, 9.17) is 0 Å². The van der Waals surface area contributed by atoms with E-state index in [0.717, 1.165) is 30.0 Å². The Morgan fingerprint density at radius 3 is 2.32 bits per heavy atom. The highest BCUT2D eigenvalue weighted by molar-refractivity contribution is 6.04. The van der Waals surface area contributed by atoms with Crippen LogP contribution in [-0.2, 0) is 6.42 Å². The summed E-state index contributed by atoms with van der Waals surface area (Å²) < 4.78 is 0. The minimum atomic E-state index is -0.172. The lowest BCUT2D eigenvalue weighted by atomic mass is 10.2. The first kappa shape index (κ1) is 19.4. The number of anilines is 3. The molecule has 1 amide bonds. The maximum atomic E-state index is 12.6. The molecule has 0 atom stereocenters. The summed E-state index contributed by atoms with van der Waals surface area (Å²) in [6, 6.07) is 13.6. The second kappa shape index (κ2) is 8.99. The van der Waals surface area contributed by atoms with Crippen LogP contribution in [0.4, 0.5) is 17.1 Å². The third kappa shape index (κ3) is 5.07. The quantitative estimate of drug-likeness (QED) is 0.685. The second-order valence-electron chi connectivity index (χ2n) is 6.85. The van der Waals surface area contributed by atoms with Gasteiger partial charge in [0.1, 0.15) is 0 Å². The summed E-state index contributed by atoms with van der Waals surface area (Å²) in [5.41, 5.74) is 4.50. The lowest BCUT2D eigenvalue weighted by Gasteiger charge is -2.19. The van der Waals surface area contributed by atoms with Crippen LogP contribution in [0.25, 0.3) is 0 Å². The smallest absolute Gasteiger partial charge is 0.257 e. The lowest BCUT2D eigenvalue weighted by Crippen LogP contribution is -2.21. The predicted octanol–water partition coefficient (Wildman–Crippen LogP) is 3.47. The highest BCUT2D eigenvalue weighted by Gasteiger charge is 2.10. The van der Waals surface area contributed by atoms with Gasteiger partial charge in [0.15, 0.2) is 0 Å². The van der Waals surface area contributed by atoms with Crippen LogP contribution in [0.1, 0.15) is 15.9 Å². The Morgan fingerprint density at radius 1 is 0.929 bits per heavy atom. The van der Waals surface area contributed by atoms with E-state index in [1.807, 2.05) is 68.5 Å². The van der Waals surface area contributed by atoms with Crippen molar-refractivity contribution < 1.29 is 4.79 Å². The fraction of sp³-hybridized carbons (Fsp3) is 0.227. The minimum Gasteiger partial charge on any atom is -0.378 e. The first-order valence-corrected chi connectivity index (χ1v) is 9.17. The number of carbonyl (C=O) groups excluding carboxylic acids is 1. The number of benzene rings is 1. The first-order valence-electron chi connectivity index (χ1n) is 9.17. The average Bonchev–Trinajstić information content (AvgIpc) is 2.73. The van der Waals surface area contributed by atoms with Crippen molar-refractivity contribution >= 4 is 23.0 Å². The fourth-order valence-electron chi connectivity index (χ4n) is 2.78. The summed E-state index contributed by atoms with van der Waals surface area (Å²) in [5, 5.41) is 2.93. The van der Waals surface area contributed by atoms with Gasteiger partial charge >= 0.3 is 0 Å². The van der Waals surface area contributed by atoms with E-state index in [2.05, 4.69) is 20.2 Å². The van der Waals surface area contributed by atoms with E-state index < -0.39 is 0 Å². The Hall–Kier alpha value is -3.41. The number of carbonyl (C=O) groups is 1. The number of nitrogens with zero attached hydrogens (tertiary/aromatic N) is 4. The van der Waals surface area contributed by atoms with Gasteiger partial charge in [-0.3, -0.25) is 14.8 Å². The minimum absolute atomic E-state index is 0.172. The summed E-state index contributed by atoms with van der Waals surface area (Å²) in [6.07, 6.45) is 7.85. The predicted molar refractivity (Wildman–Crippen MR) is 114 cm³/mol. The van der Waals surface area contributed by atoms with E-state index in [9.17, 15) is 4.79 Å². The molecule has 0 unspecified atom stereocenters. The monoisotopic (exact) mass is 375 g/mol. The molecule has 0 saturated carbocycles. The zero-order valence-electron chi connectivity index (χ0n) is 16.5. The van der Waals surface area contributed by atoms with Crippen LogP contribution in [0.3, 0.4) is 0 Å². The standard InChI is InChI=1S/C22H25N5O/c1-26(2)20-6-4-19(5-7-20)25-22(28)18-14-21(16-24-15-18)27(3)13-10-17-8-11-23-12-9-17/h4-9,11-12,14-16H,10,13H2,1-3H3,(H,25,28). The third-order valence-electron chi connectivity index (χ3n) is 4.55. The molecule has 0 spiro atoms. The Morgan fingerprint density at radius 2 is 1.64 bits per heavy atom. The van der Waals surface area contributed by atoms with Gasteiger partial charge in [-0.25, -0.2) is 0 Å². The number of nitrogens with one attached hydrogen (secondary N) is 1. The average molecular weight is 375 g/mol. The number of hydrogen-bond donors (Lipinski definition) is 1. The van der Waals surface area contributed by atoms with Gasteiger partial charge in [0.2, 0.25) is 0 Å². The van der Waals surface area contributed by atoms with Gasteiger partial charge in [0.05, 0.1) is 17.4 Å². The molecule has 3 aromatic rings. The van der Waals surface area contributed by atoms with Crippen molar-refractivity contribution in [3.05, 3.63) is 78.4 Å². The third-order valence-corrected chi connectivity index (χ3v) is 4.55. The maximum absolute atomic E-state index is 12.6. The van der Waals surface area contributed by atoms with Crippen molar-refractivity contribution in [2.75, 3.05) is 42.8 Å². The Kier molecular flexibility index (Phi) is 6.22. The number of amides is 1. The molecule has 0 radical (unpaired) electrons. The summed E-state index contributed by atoms with van der Waals surface area (Å²) >= 11 is 0. The van der Waals surface area contributed by atoms with Crippen molar-refractivity contribution in [2.45, 2.75) is 6.42 Å². The molecule has 0 bridgehead atoms. The number of likely N-dealkylation sites (N-methyl/N-ethyl adjacent to an activating group) is 1. The Labute approximate surface area is 165 Å². The normalized spacial score (nSPS) is 10.4. The number of pyridine rings is 2. The van der Waals surface area contributed by atoms with Crippen molar-refractivity contribution in [1.82, 2.24) is 9.97 Å². The van der Waals surface area contributed by atoms with Gasteiger partial charge in [-0.05, 0) is 54.4 Å². The zero-order valence-corrected chi connectivity index (χ0v) is 16.5. The summed E-state index contributed by atoms with van der Waals surface area (Å²) in [5.74, 6) is -0.172. The molecule has 2 heterocycles. The summed E-state index contributed by atoms with van der Waals surface area (Å²) in [7, 11) is 5.96. The highest BCUT2D eigenvalue weighted by atomic mass is 16.1. The van der Waals surface area contributed by atoms with Crippen LogP contribution in [0.15, 0.2) is 67.3 Å². The molecule has 0 aliphatic rings. The number of rotatable bonds is 7. The SMILES string of the molecule is CN(C)c1ccc(NC(=O)c2cncc(N(C)CCc3ccncc3)c2)cc1. The van der Waals surface area contributed by atoms with E-state index in [1.165, 1.54) is 5.56 Å². The summed E-state index contributed by atoms with van der Waals surface area (Å²) in [4.78, 5) is 25.0. The van der Waals surface area contributed by atoms with Gasteiger partial charge < -0.3 is 15.1 Å². The van der Waals surface area contributed by atoms with E-state index in [1.54, 1.807) is 24.8 Å². The summed E-state index contributed by atoms with van der Waals surface area (Å²) in [6.45, 7) is 0.822. The molecule has 0 saturated heterocycles. The molecule has 144 valence electrons. The molecule has 0 aliphatic carbocycles. The van der Waals surface area contributed by atoms with E-state index in [-0.39, 0.29) is 5.91 Å². The Bertz CT molecular complexity index is 910. The second-order valence-corrected chi connectivity index (χ2v) is 6.85. The number of hydrogen-bond acceptors (Lipinski definition) is 5.